The summed E-state index contributed by atoms with van der Waals surface area (Å²) < 4.78 is 0. The second-order valence-corrected chi connectivity index (χ2v) is 7.07. The van der Waals surface area contributed by atoms with E-state index in [-0.39, 0.29) is 6.04 Å². The van der Waals surface area contributed by atoms with E-state index in [9.17, 15) is 4.79 Å². The van der Waals surface area contributed by atoms with E-state index in [0.29, 0.717) is 36.1 Å². The van der Waals surface area contributed by atoms with Gasteiger partial charge in [0.05, 0.1) is 10.6 Å². The fourth-order valence-corrected chi connectivity index (χ4v) is 3.12. The quantitative estimate of drug-likeness (QED) is 0.611. The SMILES string of the molecule is CCC(C)NC[C@H](CC=O)N(Cc1ccccc1)c1ccc(C#N)c(Cl)c1. The summed E-state index contributed by atoms with van der Waals surface area (Å²) in [6.45, 7) is 5.62. The molecule has 0 bridgehead atoms. The average Bonchev–Trinajstić information content (AvgIpc) is 2.70. The summed E-state index contributed by atoms with van der Waals surface area (Å²) in [4.78, 5) is 13.5. The molecule has 0 radical (unpaired) electrons. The van der Waals surface area contributed by atoms with Crippen LogP contribution >= 0.6 is 11.6 Å². The third-order valence-electron chi connectivity index (χ3n) is 4.72. The van der Waals surface area contributed by atoms with E-state index in [2.05, 4.69) is 42.3 Å². The molecule has 2 atom stereocenters. The van der Waals surface area contributed by atoms with Crippen LogP contribution in [0.15, 0.2) is 48.5 Å². The summed E-state index contributed by atoms with van der Waals surface area (Å²) in [5.74, 6) is 0. The lowest BCUT2D eigenvalue weighted by Gasteiger charge is -2.34. The molecule has 0 aliphatic heterocycles. The van der Waals surface area contributed by atoms with Crippen molar-refractivity contribution in [3.63, 3.8) is 0 Å². The molecule has 2 aromatic rings. The number of nitrogens with zero attached hydrogens (tertiary/aromatic N) is 2. The number of hydrogen-bond acceptors (Lipinski definition) is 4. The average molecular weight is 384 g/mol. The summed E-state index contributed by atoms with van der Waals surface area (Å²) in [7, 11) is 0. The van der Waals surface area contributed by atoms with Crippen LogP contribution < -0.4 is 10.2 Å². The molecule has 0 aliphatic carbocycles. The van der Waals surface area contributed by atoms with Gasteiger partial charge < -0.3 is 15.0 Å². The van der Waals surface area contributed by atoms with Crippen LogP contribution in [-0.2, 0) is 11.3 Å². The fraction of sp³-hybridized carbons (Fsp3) is 0.364. The van der Waals surface area contributed by atoms with Crippen molar-refractivity contribution in [2.24, 2.45) is 0 Å². The molecule has 0 saturated heterocycles. The summed E-state index contributed by atoms with van der Waals surface area (Å²) in [6.07, 6.45) is 2.40. The molecular formula is C22H26ClN3O. The lowest BCUT2D eigenvalue weighted by Crippen LogP contribution is -2.44. The number of anilines is 1. The Hall–Kier alpha value is -2.35. The van der Waals surface area contributed by atoms with Crippen molar-refractivity contribution in [2.75, 3.05) is 11.4 Å². The lowest BCUT2D eigenvalue weighted by molar-refractivity contribution is -0.108. The summed E-state index contributed by atoms with van der Waals surface area (Å²) in [5, 5.41) is 13.1. The minimum absolute atomic E-state index is 0.0132. The maximum atomic E-state index is 11.4. The van der Waals surface area contributed by atoms with Crippen molar-refractivity contribution >= 4 is 23.6 Å². The van der Waals surface area contributed by atoms with Gasteiger partial charge in [0.1, 0.15) is 12.4 Å². The molecule has 1 N–H and O–H groups in total. The van der Waals surface area contributed by atoms with Crippen LogP contribution in [0, 0.1) is 11.3 Å². The third kappa shape index (κ3) is 6.09. The molecular weight excluding hydrogens is 358 g/mol. The molecule has 5 heteroatoms. The fourth-order valence-electron chi connectivity index (χ4n) is 2.90. The van der Waals surface area contributed by atoms with Gasteiger partial charge >= 0.3 is 0 Å². The molecule has 27 heavy (non-hydrogen) atoms. The second kappa shape index (κ2) is 10.7. The van der Waals surface area contributed by atoms with E-state index in [1.54, 1.807) is 6.07 Å². The first-order valence-electron chi connectivity index (χ1n) is 9.26. The van der Waals surface area contributed by atoms with Gasteiger partial charge in [0.15, 0.2) is 0 Å². The summed E-state index contributed by atoms with van der Waals surface area (Å²) in [5.41, 5.74) is 2.50. The number of nitriles is 1. The number of hydrogen-bond donors (Lipinski definition) is 1. The molecule has 1 unspecified atom stereocenters. The van der Waals surface area contributed by atoms with E-state index in [0.717, 1.165) is 24.0 Å². The van der Waals surface area contributed by atoms with Crippen molar-refractivity contribution < 1.29 is 4.79 Å². The Bertz CT molecular complexity index is 773. The van der Waals surface area contributed by atoms with Crippen LogP contribution in [0.25, 0.3) is 0 Å². The van der Waals surface area contributed by atoms with Crippen molar-refractivity contribution in [1.29, 1.82) is 5.26 Å². The van der Waals surface area contributed by atoms with E-state index in [4.69, 9.17) is 16.9 Å². The van der Waals surface area contributed by atoms with Gasteiger partial charge in [0, 0.05) is 37.3 Å². The maximum Gasteiger partial charge on any atom is 0.122 e. The Kier molecular flexibility index (Phi) is 8.32. The largest absolute Gasteiger partial charge is 0.362 e. The molecule has 4 nitrogen and oxygen atoms in total. The van der Waals surface area contributed by atoms with Gasteiger partial charge in [-0.05, 0) is 37.1 Å². The minimum Gasteiger partial charge on any atom is -0.362 e. The monoisotopic (exact) mass is 383 g/mol. The Morgan fingerprint density at radius 3 is 2.59 bits per heavy atom. The standard InChI is InChI=1S/C22H26ClN3O/c1-3-17(2)25-15-21(11-12-27)26(16-18-7-5-4-6-8-18)20-10-9-19(14-24)22(23)13-20/h4-10,12-13,17,21,25H,3,11,15-16H2,1-2H3/t17?,21-/m0/s1. The number of nitrogens with one attached hydrogen (secondary N) is 1. The van der Waals surface area contributed by atoms with Gasteiger partial charge in [-0.1, -0.05) is 48.9 Å². The van der Waals surface area contributed by atoms with Gasteiger partial charge in [-0.3, -0.25) is 0 Å². The van der Waals surface area contributed by atoms with Gasteiger partial charge in [-0.15, -0.1) is 0 Å². The van der Waals surface area contributed by atoms with Gasteiger partial charge in [-0.2, -0.15) is 5.26 Å². The topological polar surface area (TPSA) is 56.1 Å². The van der Waals surface area contributed by atoms with Crippen molar-refractivity contribution in [1.82, 2.24) is 5.32 Å². The molecule has 0 saturated carbocycles. The zero-order valence-electron chi connectivity index (χ0n) is 15.9. The van der Waals surface area contributed by atoms with E-state index in [1.807, 2.05) is 30.3 Å². The number of carbonyl (C=O) groups is 1. The predicted molar refractivity (Wildman–Crippen MR) is 111 cm³/mol. The lowest BCUT2D eigenvalue weighted by atomic mass is 10.1. The number of halogens is 1. The second-order valence-electron chi connectivity index (χ2n) is 6.66. The Balaban J connectivity index is 2.35. The number of benzene rings is 2. The molecule has 0 fully saturated rings. The Morgan fingerprint density at radius 1 is 1.26 bits per heavy atom. The van der Waals surface area contributed by atoms with Gasteiger partial charge in [-0.25, -0.2) is 0 Å². The minimum atomic E-state index is -0.0132. The highest BCUT2D eigenvalue weighted by Crippen LogP contribution is 2.27. The molecule has 0 aromatic heterocycles. The highest BCUT2D eigenvalue weighted by atomic mass is 35.5. The van der Waals surface area contributed by atoms with Crippen LogP contribution in [0.5, 0.6) is 0 Å². The van der Waals surface area contributed by atoms with Gasteiger partial charge in [0.2, 0.25) is 0 Å². The van der Waals surface area contributed by atoms with Crippen molar-refractivity contribution in [3.8, 4) is 6.07 Å². The van der Waals surface area contributed by atoms with Crippen molar-refractivity contribution in [2.45, 2.75) is 45.3 Å². The normalized spacial score (nSPS) is 12.8. The zero-order valence-corrected chi connectivity index (χ0v) is 16.6. The highest BCUT2D eigenvalue weighted by Gasteiger charge is 2.20. The third-order valence-corrected chi connectivity index (χ3v) is 5.04. The van der Waals surface area contributed by atoms with Crippen LogP contribution in [0.3, 0.4) is 0 Å². The van der Waals surface area contributed by atoms with Crippen molar-refractivity contribution in [3.05, 3.63) is 64.7 Å². The number of aldehydes is 1. The number of rotatable bonds is 10. The molecule has 0 aliphatic rings. The van der Waals surface area contributed by atoms with E-state index >= 15 is 0 Å². The highest BCUT2D eigenvalue weighted by molar-refractivity contribution is 6.32. The molecule has 2 aromatic carbocycles. The molecule has 2 rings (SSSR count). The van der Waals surface area contributed by atoms with Crippen LogP contribution in [0.2, 0.25) is 5.02 Å². The predicted octanol–water partition coefficient (Wildman–Crippen LogP) is 4.56. The Morgan fingerprint density at radius 2 is 2.00 bits per heavy atom. The first-order valence-corrected chi connectivity index (χ1v) is 9.64. The Labute approximate surface area is 166 Å². The molecule has 0 amide bonds. The maximum absolute atomic E-state index is 11.4. The summed E-state index contributed by atoms with van der Waals surface area (Å²) in [6, 6.07) is 18.0. The first-order chi connectivity index (χ1) is 13.1. The van der Waals surface area contributed by atoms with Crippen LogP contribution in [0.4, 0.5) is 5.69 Å². The van der Waals surface area contributed by atoms with E-state index < -0.39 is 0 Å². The first kappa shape index (κ1) is 21.0. The van der Waals surface area contributed by atoms with Crippen LogP contribution in [-0.4, -0.2) is 24.9 Å². The van der Waals surface area contributed by atoms with Gasteiger partial charge in [0.25, 0.3) is 0 Å². The smallest absolute Gasteiger partial charge is 0.122 e. The molecule has 0 spiro atoms. The van der Waals surface area contributed by atoms with E-state index in [1.165, 1.54) is 0 Å². The molecule has 142 valence electrons. The zero-order chi connectivity index (χ0) is 19.6. The summed E-state index contributed by atoms with van der Waals surface area (Å²) >= 11 is 6.27. The van der Waals surface area contributed by atoms with Crippen LogP contribution in [0.1, 0.15) is 37.8 Å². The molecule has 0 heterocycles. The number of carbonyl (C=O) groups excluding carboxylic acids is 1.